The fraction of sp³-hybridized carbons (Fsp3) is 0.333. The van der Waals surface area contributed by atoms with Crippen LogP contribution < -0.4 is 4.90 Å². The molecule has 2 aromatic carbocycles. The van der Waals surface area contributed by atoms with Gasteiger partial charge < -0.3 is 10.0 Å². The zero-order valence-corrected chi connectivity index (χ0v) is 19.8. The van der Waals surface area contributed by atoms with Crippen molar-refractivity contribution in [3.05, 3.63) is 75.4 Å². The van der Waals surface area contributed by atoms with Crippen LogP contribution in [0.5, 0.6) is 5.88 Å². The molecule has 0 radical (unpaired) electrons. The van der Waals surface area contributed by atoms with Crippen LogP contribution in [0.3, 0.4) is 0 Å². The molecule has 8 heteroatoms. The molecule has 1 unspecified atom stereocenters. The van der Waals surface area contributed by atoms with Crippen molar-refractivity contribution in [1.82, 2.24) is 19.5 Å². The summed E-state index contributed by atoms with van der Waals surface area (Å²) >= 11 is 7.74. The summed E-state index contributed by atoms with van der Waals surface area (Å²) < 4.78 is 1.59. The molecule has 2 aromatic heterocycles. The van der Waals surface area contributed by atoms with E-state index in [-0.39, 0.29) is 11.9 Å². The number of aromatic nitrogens is 3. The number of hydrogen-bond acceptors (Lipinski definition) is 6. The van der Waals surface area contributed by atoms with Gasteiger partial charge in [-0.05, 0) is 30.7 Å². The van der Waals surface area contributed by atoms with Crippen molar-refractivity contribution in [3.8, 4) is 5.88 Å². The zero-order valence-electron chi connectivity index (χ0n) is 18.2. The maximum absolute atomic E-state index is 11.1. The van der Waals surface area contributed by atoms with E-state index < -0.39 is 0 Å². The molecular weight excluding hydrogens is 442 g/mol. The van der Waals surface area contributed by atoms with E-state index in [0.29, 0.717) is 0 Å². The summed E-state index contributed by atoms with van der Waals surface area (Å²) in [7, 11) is 0. The van der Waals surface area contributed by atoms with Gasteiger partial charge in [-0.25, -0.2) is 4.98 Å². The van der Waals surface area contributed by atoms with Crippen molar-refractivity contribution >= 4 is 33.6 Å². The summed E-state index contributed by atoms with van der Waals surface area (Å²) in [5.41, 5.74) is 3.53. The van der Waals surface area contributed by atoms with Crippen LogP contribution in [-0.4, -0.2) is 50.8 Å². The van der Waals surface area contributed by atoms with Gasteiger partial charge in [0.1, 0.15) is 0 Å². The first-order valence-electron chi connectivity index (χ1n) is 10.9. The molecule has 1 aliphatic heterocycles. The summed E-state index contributed by atoms with van der Waals surface area (Å²) in [5, 5.41) is 16.3. The van der Waals surface area contributed by atoms with E-state index >= 15 is 0 Å². The van der Waals surface area contributed by atoms with Crippen LogP contribution in [-0.2, 0) is 6.42 Å². The number of halogens is 1. The number of fused-ring (bicyclic) bond motifs is 1. The van der Waals surface area contributed by atoms with Crippen LogP contribution in [0.4, 0.5) is 5.69 Å². The smallest absolute Gasteiger partial charge is 0.230 e. The van der Waals surface area contributed by atoms with Gasteiger partial charge in [-0.3, -0.25) is 4.90 Å². The first-order valence-corrected chi connectivity index (χ1v) is 12.1. The second kappa shape index (κ2) is 8.73. The van der Waals surface area contributed by atoms with Crippen LogP contribution in [0.25, 0.3) is 4.96 Å². The highest BCUT2D eigenvalue weighted by Crippen LogP contribution is 2.40. The highest BCUT2D eigenvalue weighted by atomic mass is 35.5. The minimum atomic E-state index is -0.0463. The molecule has 3 heterocycles. The standard InChI is InChI=1S/C24H26ClN5OS/c1-3-20-26-24-30(27-20)23(31)22(32-24)21(17-7-4-6-16(2)14-17)29-12-10-28(11-13-29)19-9-5-8-18(25)15-19/h4-9,14-15,21,31H,3,10-13H2,1-2H3. The predicted molar refractivity (Wildman–Crippen MR) is 130 cm³/mol. The molecule has 6 nitrogen and oxygen atoms in total. The first kappa shape index (κ1) is 21.2. The van der Waals surface area contributed by atoms with Gasteiger partial charge in [-0.2, -0.15) is 4.52 Å². The third-order valence-corrected chi connectivity index (χ3v) is 7.33. The van der Waals surface area contributed by atoms with Crippen molar-refractivity contribution in [2.75, 3.05) is 31.1 Å². The van der Waals surface area contributed by atoms with Crippen LogP contribution in [0.1, 0.15) is 34.8 Å². The Labute approximate surface area is 196 Å². The topological polar surface area (TPSA) is 56.9 Å². The highest BCUT2D eigenvalue weighted by molar-refractivity contribution is 7.17. The normalized spacial score (nSPS) is 16.0. The van der Waals surface area contributed by atoms with Gasteiger partial charge in [0.2, 0.25) is 10.8 Å². The van der Waals surface area contributed by atoms with Crippen molar-refractivity contribution in [2.45, 2.75) is 26.3 Å². The molecule has 0 saturated carbocycles. The third kappa shape index (κ3) is 3.96. The van der Waals surface area contributed by atoms with E-state index in [0.717, 1.165) is 59.0 Å². The van der Waals surface area contributed by atoms with Gasteiger partial charge in [0, 0.05) is 43.3 Å². The summed E-state index contributed by atoms with van der Waals surface area (Å²) in [4.78, 5) is 11.0. The van der Waals surface area contributed by atoms with Gasteiger partial charge in [-0.15, -0.1) is 5.10 Å². The van der Waals surface area contributed by atoms with Crippen molar-refractivity contribution in [1.29, 1.82) is 0 Å². The number of thiazole rings is 1. The molecule has 5 rings (SSSR count). The molecule has 0 spiro atoms. The SMILES string of the molecule is CCc1nc2sc(C(c3cccc(C)c3)N3CCN(c4cccc(Cl)c4)CC3)c(O)n2n1. The number of benzene rings is 2. The molecule has 1 atom stereocenters. The monoisotopic (exact) mass is 467 g/mol. The van der Waals surface area contributed by atoms with Crippen LogP contribution in [0, 0.1) is 6.92 Å². The fourth-order valence-electron chi connectivity index (χ4n) is 4.40. The summed E-state index contributed by atoms with van der Waals surface area (Å²) in [5.74, 6) is 0.946. The number of aromatic hydroxyl groups is 1. The van der Waals surface area contributed by atoms with Crippen LogP contribution in [0.2, 0.25) is 5.02 Å². The maximum atomic E-state index is 11.1. The number of anilines is 1. The number of aryl methyl sites for hydroxylation is 2. The van der Waals surface area contributed by atoms with Crippen LogP contribution in [0.15, 0.2) is 48.5 Å². The van der Waals surface area contributed by atoms with Gasteiger partial charge in [0.25, 0.3) is 0 Å². The number of rotatable bonds is 5. The molecule has 0 bridgehead atoms. The lowest BCUT2D eigenvalue weighted by Gasteiger charge is -2.40. The Morgan fingerprint density at radius 1 is 1.09 bits per heavy atom. The average molecular weight is 468 g/mol. The van der Waals surface area contributed by atoms with E-state index in [4.69, 9.17) is 11.6 Å². The van der Waals surface area contributed by atoms with Crippen molar-refractivity contribution in [3.63, 3.8) is 0 Å². The fourth-order valence-corrected chi connectivity index (χ4v) is 5.72. The minimum absolute atomic E-state index is 0.0463. The maximum Gasteiger partial charge on any atom is 0.230 e. The number of piperazine rings is 1. The van der Waals surface area contributed by atoms with Crippen molar-refractivity contribution in [2.24, 2.45) is 0 Å². The second-order valence-corrected chi connectivity index (χ2v) is 9.63. The first-order chi connectivity index (χ1) is 15.5. The number of hydrogen-bond donors (Lipinski definition) is 1. The summed E-state index contributed by atoms with van der Waals surface area (Å²) in [6.45, 7) is 7.66. The van der Waals surface area contributed by atoms with Crippen molar-refractivity contribution < 1.29 is 5.11 Å². The Bertz CT molecular complexity index is 1240. The van der Waals surface area contributed by atoms with Gasteiger partial charge >= 0.3 is 0 Å². The minimum Gasteiger partial charge on any atom is -0.492 e. The third-order valence-electron chi connectivity index (χ3n) is 6.02. The molecule has 1 fully saturated rings. The van der Waals surface area contributed by atoms with E-state index in [2.05, 4.69) is 57.1 Å². The zero-order chi connectivity index (χ0) is 22.2. The second-order valence-electron chi connectivity index (χ2n) is 8.19. The van der Waals surface area contributed by atoms with Gasteiger partial charge in [0.05, 0.1) is 10.9 Å². The van der Waals surface area contributed by atoms with E-state index in [1.165, 1.54) is 22.5 Å². The van der Waals surface area contributed by atoms with Gasteiger partial charge in [-0.1, -0.05) is 65.8 Å². The Hall–Kier alpha value is -2.61. The Morgan fingerprint density at radius 2 is 1.88 bits per heavy atom. The molecule has 4 aromatic rings. The molecular formula is C24H26ClN5OS. The largest absolute Gasteiger partial charge is 0.492 e. The summed E-state index contributed by atoms with van der Waals surface area (Å²) in [6.07, 6.45) is 0.746. The Balaban J connectivity index is 1.48. The van der Waals surface area contributed by atoms with E-state index in [9.17, 15) is 5.11 Å². The lowest BCUT2D eigenvalue weighted by atomic mass is 10.0. The van der Waals surface area contributed by atoms with E-state index in [1.54, 1.807) is 4.52 Å². The van der Waals surface area contributed by atoms with Gasteiger partial charge in [0.15, 0.2) is 5.82 Å². The molecule has 166 valence electrons. The lowest BCUT2D eigenvalue weighted by Crippen LogP contribution is -2.47. The lowest BCUT2D eigenvalue weighted by molar-refractivity contribution is 0.211. The highest BCUT2D eigenvalue weighted by Gasteiger charge is 2.32. The summed E-state index contributed by atoms with van der Waals surface area (Å²) in [6, 6.07) is 16.5. The predicted octanol–water partition coefficient (Wildman–Crippen LogP) is 4.93. The Kier molecular flexibility index (Phi) is 5.80. The van der Waals surface area contributed by atoms with E-state index in [1.807, 2.05) is 25.1 Å². The molecule has 1 N–H and O–H groups in total. The molecule has 1 saturated heterocycles. The molecule has 32 heavy (non-hydrogen) atoms. The number of nitrogens with zero attached hydrogens (tertiary/aromatic N) is 5. The molecule has 0 aliphatic carbocycles. The molecule has 1 aliphatic rings. The molecule has 0 amide bonds. The quantitative estimate of drug-likeness (QED) is 0.451. The Morgan fingerprint density at radius 3 is 2.56 bits per heavy atom. The average Bonchev–Trinajstić information content (AvgIpc) is 3.34. The van der Waals surface area contributed by atoms with Crippen LogP contribution >= 0.6 is 22.9 Å².